The van der Waals surface area contributed by atoms with Crippen LogP contribution >= 0.6 is 15.9 Å². The highest BCUT2D eigenvalue weighted by Gasteiger charge is 2.07. The first-order valence-electron chi connectivity index (χ1n) is 3.55. The normalized spacial score (nSPS) is 9.69. The van der Waals surface area contributed by atoms with Crippen LogP contribution in [-0.4, -0.2) is 16.9 Å². The van der Waals surface area contributed by atoms with Crippen molar-refractivity contribution in [3.63, 3.8) is 0 Å². The van der Waals surface area contributed by atoms with E-state index in [1.54, 1.807) is 6.07 Å². The maximum absolute atomic E-state index is 11.0. The van der Waals surface area contributed by atoms with Crippen LogP contribution in [0.5, 0.6) is 0 Å². The largest absolute Gasteiger partial charge is 0.478 e. The Kier molecular flexibility index (Phi) is 2.83. The summed E-state index contributed by atoms with van der Waals surface area (Å²) >= 11 is 3.13. The quantitative estimate of drug-likeness (QED) is 0.811. The summed E-state index contributed by atoms with van der Waals surface area (Å²) in [6, 6.07) is 4.40. The number of aromatic carboxylic acids is 1. The van der Waals surface area contributed by atoms with Crippen molar-refractivity contribution in [1.29, 1.82) is 0 Å². The zero-order valence-electron chi connectivity index (χ0n) is 6.87. The van der Waals surface area contributed by atoms with Gasteiger partial charge in [0.1, 0.15) is 0 Å². The minimum Gasteiger partial charge on any atom is -0.478 e. The highest BCUT2D eigenvalue weighted by molar-refractivity contribution is 9.10. The van der Waals surface area contributed by atoms with Crippen LogP contribution < -0.4 is 0 Å². The Morgan fingerprint density at radius 2 is 1.77 bits per heavy atom. The van der Waals surface area contributed by atoms with Crippen LogP contribution in [0.4, 0.5) is 0 Å². The lowest BCUT2D eigenvalue weighted by Crippen LogP contribution is -2.00. The Morgan fingerprint density at radius 1 is 1.23 bits per heavy atom. The highest BCUT2D eigenvalue weighted by Crippen LogP contribution is 2.16. The summed E-state index contributed by atoms with van der Waals surface area (Å²) in [6.45, 7) is 1.40. The van der Waals surface area contributed by atoms with Gasteiger partial charge in [-0.3, -0.25) is 4.79 Å². The maximum Gasteiger partial charge on any atom is 0.335 e. The number of halogens is 1. The molecule has 4 heteroatoms. The number of carboxylic acid groups (broad SMARTS) is 1. The summed E-state index contributed by atoms with van der Waals surface area (Å²) in [5.41, 5.74) is 0.506. The van der Waals surface area contributed by atoms with Crippen molar-refractivity contribution in [2.75, 3.05) is 0 Å². The van der Waals surface area contributed by atoms with E-state index in [1.165, 1.54) is 19.1 Å². The molecule has 0 aliphatic heterocycles. The Labute approximate surface area is 83.5 Å². The summed E-state index contributed by atoms with van der Waals surface area (Å²) < 4.78 is 0.595. The lowest BCUT2D eigenvalue weighted by molar-refractivity contribution is 0.0697. The molecule has 0 radical (unpaired) electrons. The Bertz CT molecular complexity index is 339. The topological polar surface area (TPSA) is 54.4 Å². The SMILES string of the molecule is CC(=O)c1cc(Br)cc(C(=O)O)c1. The molecule has 0 saturated carbocycles. The van der Waals surface area contributed by atoms with Gasteiger partial charge in [-0.25, -0.2) is 4.79 Å². The molecule has 0 saturated heterocycles. The van der Waals surface area contributed by atoms with Crippen LogP contribution in [0.15, 0.2) is 22.7 Å². The fraction of sp³-hybridized carbons (Fsp3) is 0.111. The van der Waals surface area contributed by atoms with E-state index >= 15 is 0 Å². The number of benzene rings is 1. The minimum absolute atomic E-state index is 0.111. The van der Waals surface area contributed by atoms with Crippen LogP contribution in [0.3, 0.4) is 0 Å². The molecule has 0 amide bonds. The van der Waals surface area contributed by atoms with Crippen LogP contribution in [-0.2, 0) is 0 Å². The van der Waals surface area contributed by atoms with Gasteiger partial charge in [0.25, 0.3) is 0 Å². The average molecular weight is 243 g/mol. The summed E-state index contributed by atoms with van der Waals surface area (Å²) in [5, 5.41) is 8.68. The van der Waals surface area contributed by atoms with Crippen LogP contribution in [0.25, 0.3) is 0 Å². The minimum atomic E-state index is -1.04. The van der Waals surface area contributed by atoms with Gasteiger partial charge in [0.2, 0.25) is 0 Å². The fourth-order valence-corrected chi connectivity index (χ4v) is 1.41. The molecular formula is C9H7BrO3. The number of Topliss-reactive ketones (excluding diaryl/α,β-unsaturated/α-hetero) is 1. The van der Waals surface area contributed by atoms with Crippen molar-refractivity contribution in [2.45, 2.75) is 6.92 Å². The third-order valence-corrected chi connectivity index (χ3v) is 2.01. The van der Waals surface area contributed by atoms with Gasteiger partial charge in [0.15, 0.2) is 5.78 Å². The number of carboxylic acids is 1. The van der Waals surface area contributed by atoms with E-state index in [-0.39, 0.29) is 11.3 Å². The number of carbonyl (C=O) groups is 2. The van der Waals surface area contributed by atoms with E-state index in [0.29, 0.717) is 10.0 Å². The first-order chi connectivity index (χ1) is 6.00. The average Bonchev–Trinajstić information content (AvgIpc) is 2.03. The van der Waals surface area contributed by atoms with Gasteiger partial charge in [-0.05, 0) is 25.1 Å². The van der Waals surface area contributed by atoms with Crippen molar-refractivity contribution in [3.05, 3.63) is 33.8 Å². The highest BCUT2D eigenvalue weighted by atomic mass is 79.9. The Morgan fingerprint density at radius 3 is 2.23 bits per heavy atom. The van der Waals surface area contributed by atoms with Crippen molar-refractivity contribution >= 4 is 27.7 Å². The molecule has 1 aromatic rings. The number of hydrogen-bond donors (Lipinski definition) is 1. The summed E-state index contributed by atoms with van der Waals surface area (Å²) in [4.78, 5) is 21.6. The van der Waals surface area contributed by atoms with Crippen molar-refractivity contribution in [3.8, 4) is 0 Å². The zero-order valence-corrected chi connectivity index (χ0v) is 8.46. The van der Waals surface area contributed by atoms with Gasteiger partial charge in [0, 0.05) is 10.0 Å². The van der Waals surface area contributed by atoms with Crippen LogP contribution in [0.2, 0.25) is 0 Å². The summed E-state index contributed by atoms with van der Waals surface area (Å²) in [7, 11) is 0. The van der Waals surface area contributed by atoms with Gasteiger partial charge < -0.3 is 5.11 Å². The number of hydrogen-bond acceptors (Lipinski definition) is 2. The molecule has 0 aliphatic carbocycles. The van der Waals surface area contributed by atoms with E-state index in [9.17, 15) is 9.59 Å². The molecular weight excluding hydrogens is 236 g/mol. The molecule has 3 nitrogen and oxygen atoms in total. The standard InChI is InChI=1S/C9H7BrO3/c1-5(11)6-2-7(9(12)13)4-8(10)3-6/h2-4H,1H3,(H,12,13). The second-order valence-corrected chi connectivity index (χ2v) is 3.51. The number of ketones is 1. The van der Waals surface area contributed by atoms with Gasteiger partial charge in [-0.1, -0.05) is 15.9 Å². The van der Waals surface area contributed by atoms with Crippen LogP contribution in [0.1, 0.15) is 27.6 Å². The van der Waals surface area contributed by atoms with E-state index in [2.05, 4.69) is 15.9 Å². The molecule has 0 spiro atoms. The molecule has 0 atom stereocenters. The van der Waals surface area contributed by atoms with Gasteiger partial charge in [-0.2, -0.15) is 0 Å². The van der Waals surface area contributed by atoms with E-state index in [4.69, 9.17) is 5.11 Å². The van der Waals surface area contributed by atoms with Crippen molar-refractivity contribution < 1.29 is 14.7 Å². The molecule has 1 aromatic carbocycles. The number of carbonyl (C=O) groups excluding carboxylic acids is 1. The monoisotopic (exact) mass is 242 g/mol. The molecule has 0 fully saturated rings. The predicted molar refractivity (Wildman–Crippen MR) is 51.1 cm³/mol. The summed E-state index contributed by atoms with van der Waals surface area (Å²) in [5.74, 6) is -1.19. The molecule has 0 heterocycles. The molecule has 0 aromatic heterocycles. The molecule has 1 N–H and O–H groups in total. The third kappa shape index (κ3) is 2.39. The molecule has 0 unspecified atom stereocenters. The van der Waals surface area contributed by atoms with E-state index in [1.807, 2.05) is 0 Å². The molecule has 13 heavy (non-hydrogen) atoms. The maximum atomic E-state index is 11.0. The van der Waals surface area contributed by atoms with E-state index < -0.39 is 5.97 Å². The number of rotatable bonds is 2. The first kappa shape index (κ1) is 9.92. The third-order valence-electron chi connectivity index (χ3n) is 1.55. The molecule has 68 valence electrons. The van der Waals surface area contributed by atoms with Crippen molar-refractivity contribution in [2.24, 2.45) is 0 Å². The fourth-order valence-electron chi connectivity index (χ4n) is 0.916. The zero-order chi connectivity index (χ0) is 10.0. The Hall–Kier alpha value is -1.16. The van der Waals surface area contributed by atoms with Gasteiger partial charge in [-0.15, -0.1) is 0 Å². The molecule has 0 bridgehead atoms. The van der Waals surface area contributed by atoms with Gasteiger partial charge in [0.05, 0.1) is 5.56 Å². The molecule has 0 aliphatic rings. The summed E-state index contributed by atoms with van der Waals surface area (Å²) in [6.07, 6.45) is 0. The Balaban J connectivity index is 3.26. The lowest BCUT2D eigenvalue weighted by atomic mass is 10.1. The van der Waals surface area contributed by atoms with Crippen molar-refractivity contribution in [1.82, 2.24) is 0 Å². The lowest BCUT2D eigenvalue weighted by Gasteiger charge is -1.99. The van der Waals surface area contributed by atoms with E-state index in [0.717, 1.165) is 0 Å². The molecule has 1 rings (SSSR count). The van der Waals surface area contributed by atoms with Gasteiger partial charge >= 0.3 is 5.97 Å². The van der Waals surface area contributed by atoms with Crippen LogP contribution in [0, 0.1) is 0 Å². The second-order valence-electron chi connectivity index (χ2n) is 2.59. The smallest absolute Gasteiger partial charge is 0.335 e. The predicted octanol–water partition coefficient (Wildman–Crippen LogP) is 2.35. The first-order valence-corrected chi connectivity index (χ1v) is 4.35. The second kappa shape index (κ2) is 3.70.